The van der Waals surface area contributed by atoms with E-state index in [1.165, 1.54) is 55.4 Å². The summed E-state index contributed by atoms with van der Waals surface area (Å²) in [7, 11) is 0. The Hall–Kier alpha value is -9.30. The lowest BCUT2D eigenvalue weighted by atomic mass is 9.84. The molecule has 0 heterocycles. The number of hydrogen-bond acceptors (Lipinski definition) is 22. The highest BCUT2D eigenvalue weighted by Crippen LogP contribution is 2.51. The fraction of sp³-hybridized carbons (Fsp3) is 0.613. The first-order valence-corrected chi connectivity index (χ1v) is 29.6. The lowest BCUT2D eigenvalue weighted by Crippen LogP contribution is -2.69. The van der Waals surface area contributed by atoms with Gasteiger partial charge in [-0.15, -0.1) is 0 Å². The van der Waals surface area contributed by atoms with Gasteiger partial charge in [0.25, 0.3) is 17.3 Å². The second kappa shape index (κ2) is 48.2. The summed E-state index contributed by atoms with van der Waals surface area (Å²) in [6, 6.07) is 0. The van der Waals surface area contributed by atoms with Crippen LogP contribution in [0.5, 0.6) is 0 Å². The molecule has 0 radical (unpaired) electrons. The molecule has 0 amide bonds. The van der Waals surface area contributed by atoms with E-state index in [9.17, 15) is 180 Å². The molecule has 0 rings (SSSR count). The third-order valence-electron chi connectivity index (χ3n) is 10.9. The minimum absolute atomic E-state index is 0.0404. The molecule has 0 aliphatic carbocycles. The predicted octanol–water partition coefficient (Wildman–Crippen LogP) is 15.2. The van der Waals surface area contributed by atoms with Crippen molar-refractivity contribution in [3.05, 3.63) is 85.1 Å². The van der Waals surface area contributed by atoms with Gasteiger partial charge in [0.1, 0.15) is 25.7 Å². The standard InChI is InChI=1S/C13H18F6O3.C10H12F6O3.C9H8F6O4.C9H11F3O4.C8H9F3O4.C7H9F3O2.C6H7F3O2/c1-7(2)5-9(22-10(20)8(3)4)6-11(21,12(14,15)16)13(17,18)19;1-5(2)6(17)19-7(3,4)8(18,9(11,12)13)10(14,15)16;1-4(2)6(17)18-3-5(16)19-7(8(10,11)12)9(13,14)15;1-6(2)8(14)16-4-3-15-7(13)5-9(10,11)12;1-5(2)7(13)14-3-6(12)15-4-8(9,10)11;1-4(2)6(11)12-5(3)7(8,9)10;1-4(2)5(10)11-3-6(7,8)9/h7,9,21H,3,5-6H2,1-2,4H3;18H,1H2,2-4H3;7H,1,3H2,2H3;1,3-5H2,2H3;1,3-4H2,2H3;5H,1H2,2-3H3;1,3H2,2H3. The number of carbonyl (C=O) groups is 10. The van der Waals surface area contributed by atoms with Crippen LogP contribution in [0.4, 0.5) is 132 Å². The summed E-state index contributed by atoms with van der Waals surface area (Å²) in [5.41, 5.74) is -14.1. The highest BCUT2D eigenvalue weighted by atomic mass is 19.5. The zero-order chi connectivity index (χ0) is 93.1. The third-order valence-corrected chi connectivity index (χ3v) is 10.9. The van der Waals surface area contributed by atoms with Crippen molar-refractivity contribution in [2.75, 3.05) is 39.6 Å². The smallest absolute Gasteiger partial charge is 0.434 e. The van der Waals surface area contributed by atoms with Crippen LogP contribution in [0.1, 0.15) is 102 Å². The molecule has 0 aromatic rings. The Morgan fingerprint density at radius 1 is 0.342 bits per heavy atom. The normalized spacial score (nSPS) is 12.7. The minimum Gasteiger partial charge on any atom is -0.462 e. The molecule has 2 unspecified atom stereocenters. The van der Waals surface area contributed by atoms with Gasteiger partial charge >= 0.3 is 121 Å². The van der Waals surface area contributed by atoms with Crippen LogP contribution in [0.15, 0.2) is 85.1 Å². The largest absolute Gasteiger partial charge is 0.462 e. The molecule has 52 heteroatoms. The molecule has 0 aromatic carbocycles. The zero-order valence-corrected chi connectivity index (χ0v) is 61.0. The number of aliphatic hydroxyl groups is 2. The molecule has 664 valence electrons. The molecule has 0 spiro atoms. The number of carbonyl (C=O) groups excluding carboxylic acids is 10. The van der Waals surface area contributed by atoms with Crippen LogP contribution in [0.3, 0.4) is 0 Å². The fourth-order valence-corrected chi connectivity index (χ4v) is 5.32. The highest BCUT2D eigenvalue weighted by Gasteiger charge is 2.79. The lowest BCUT2D eigenvalue weighted by Gasteiger charge is -2.43. The summed E-state index contributed by atoms with van der Waals surface area (Å²) in [6.07, 6.45) is -65.7. The zero-order valence-electron chi connectivity index (χ0n) is 61.0. The molecule has 0 bridgehead atoms. The highest BCUT2D eigenvalue weighted by molar-refractivity contribution is 5.90. The fourth-order valence-electron chi connectivity index (χ4n) is 5.32. The third kappa shape index (κ3) is 52.9. The Morgan fingerprint density at radius 3 is 0.939 bits per heavy atom. The van der Waals surface area contributed by atoms with Crippen LogP contribution in [-0.4, -0.2) is 206 Å². The van der Waals surface area contributed by atoms with Crippen LogP contribution >= 0.6 is 0 Å². The number of rotatable bonds is 26. The molecule has 0 fully saturated rings. The first-order valence-electron chi connectivity index (χ1n) is 29.6. The van der Waals surface area contributed by atoms with Crippen molar-refractivity contribution in [2.45, 2.75) is 199 Å². The maximum absolute atomic E-state index is 12.7. The van der Waals surface area contributed by atoms with Gasteiger partial charge in [-0.05, 0) is 81.6 Å². The van der Waals surface area contributed by atoms with Crippen molar-refractivity contribution in [3.63, 3.8) is 0 Å². The molecular formula is C62H74F30O22. The molecule has 0 aliphatic heterocycles. The van der Waals surface area contributed by atoms with Gasteiger partial charge in [0, 0.05) is 45.4 Å². The van der Waals surface area contributed by atoms with E-state index in [0.29, 0.717) is 13.8 Å². The van der Waals surface area contributed by atoms with Gasteiger partial charge in [-0.1, -0.05) is 59.9 Å². The van der Waals surface area contributed by atoms with Gasteiger partial charge in [-0.2, -0.15) is 132 Å². The second-order valence-corrected chi connectivity index (χ2v) is 23.1. The van der Waals surface area contributed by atoms with Crippen LogP contribution in [0.25, 0.3) is 0 Å². The first kappa shape index (κ1) is 118. The summed E-state index contributed by atoms with van der Waals surface area (Å²) >= 11 is 0. The number of esters is 10. The first-order chi connectivity index (χ1) is 50.1. The lowest BCUT2D eigenvalue weighted by molar-refractivity contribution is -0.407. The van der Waals surface area contributed by atoms with E-state index in [-0.39, 0.29) is 52.4 Å². The van der Waals surface area contributed by atoms with Crippen LogP contribution in [-0.2, 0) is 95.3 Å². The van der Waals surface area contributed by atoms with Crippen LogP contribution in [0.2, 0.25) is 0 Å². The number of ether oxygens (including phenoxy) is 10. The molecule has 22 nitrogen and oxygen atoms in total. The minimum atomic E-state index is -6.08. The topological polar surface area (TPSA) is 303 Å². The van der Waals surface area contributed by atoms with E-state index >= 15 is 0 Å². The molecule has 2 atom stereocenters. The maximum Gasteiger partial charge on any atom is 0.434 e. The molecule has 0 saturated heterocycles. The Labute approximate surface area is 626 Å². The Kier molecular flexibility index (Phi) is 49.8. The van der Waals surface area contributed by atoms with Crippen molar-refractivity contribution in [2.24, 2.45) is 5.92 Å². The summed E-state index contributed by atoms with van der Waals surface area (Å²) < 4.78 is 403. The van der Waals surface area contributed by atoms with Crippen molar-refractivity contribution in [1.29, 1.82) is 0 Å². The van der Waals surface area contributed by atoms with E-state index in [1.54, 1.807) is 0 Å². The summed E-state index contributed by atoms with van der Waals surface area (Å²) in [5, 5.41) is 18.2. The number of hydrogen-bond donors (Lipinski definition) is 2. The maximum atomic E-state index is 12.7. The summed E-state index contributed by atoms with van der Waals surface area (Å²) in [4.78, 5) is 107. The molecule has 0 aromatic heterocycles. The van der Waals surface area contributed by atoms with Gasteiger partial charge in [-0.3, -0.25) is 4.79 Å². The molecule has 0 aliphatic rings. The van der Waals surface area contributed by atoms with E-state index < -0.39 is 208 Å². The van der Waals surface area contributed by atoms with E-state index in [1.807, 2.05) is 0 Å². The Bertz CT molecular complexity index is 3210. The van der Waals surface area contributed by atoms with Gasteiger partial charge in [-0.25, -0.2) is 43.2 Å². The van der Waals surface area contributed by atoms with Gasteiger partial charge in [0.05, 0.1) is 0 Å². The van der Waals surface area contributed by atoms with Crippen LogP contribution < -0.4 is 0 Å². The summed E-state index contributed by atoms with van der Waals surface area (Å²) in [6.45, 7) is 29.0. The van der Waals surface area contributed by atoms with Crippen molar-refractivity contribution >= 4 is 59.7 Å². The molecular weight excluding hydrogens is 1670 g/mol. The Balaban J connectivity index is -0.000000237. The SMILES string of the molecule is C=C(C)C(=O)OC(C)(C)C(O)(C(F)(F)F)C(F)(F)F.C=C(C)C(=O)OC(C)C(F)(F)F.C=C(C)C(=O)OC(CC(C)C)CC(O)(C(F)(F)F)C(F)(F)F.C=C(C)C(=O)OCC(=O)OC(C(F)(F)F)C(F)(F)F.C=C(C)C(=O)OCC(=O)OCC(F)(F)F.C=C(C)C(=O)OCC(F)(F)F.C=C(C)C(=O)OCCOC(=O)CC(F)(F)F. The second-order valence-electron chi connectivity index (χ2n) is 23.1. The van der Waals surface area contributed by atoms with Gasteiger partial charge in [0.15, 0.2) is 38.1 Å². The van der Waals surface area contributed by atoms with E-state index in [0.717, 1.165) is 13.8 Å². The number of alkyl halides is 30. The average molecular weight is 1740 g/mol. The monoisotopic (exact) mass is 1740 g/mol. The van der Waals surface area contributed by atoms with E-state index in [2.05, 4.69) is 93.4 Å². The predicted molar refractivity (Wildman–Crippen MR) is 324 cm³/mol. The van der Waals surface area contributed by atoms with Crippen LogP contribution in [0, 0.1) is 5.92 Å². The van der Waals surface area contributed by atoms with Crippen molar-refractivity contribution in [3.8, 4) is 0 Å². The molecule has 0 saturated carbocycles. The van der Waals surface area contributed by atoms with Crippen molar-refractivity contribution in [1.82, 2.24) is 0 Å². The molecule has 114 heavy (non-hydrogen) atoms. The quantitative estimate of drug-likeness (QED) is 0.0267. The average Bonchev–Trinajstić information content (AvgIpc) is 0.734. The van der Waals surface area contributed by atoms with Gasteiger partial charge < -0.3 is 57.6 Å². The summed E-state index contributed by atoms with van der Waals surface area (Å²) in [5.74, 6) is -12.3. The van der Waals surface area contributed by atoms with E-state index in [4.69, 9.17) is 10.2 Å². The van der Waals surface area contributed by atoms with Gasteiger partial charge in [0.2, 0.25) is 0 Å². The number of halogens is 30. The van der Waals surface area contributed by atoms with Crippen molar-refractivity contribution < 1.29 is 237 Å². The molecule has 2 N–H and O–H groups in total. The Morgan fingerprint density at radius 2 is 0.649 bits per heavy atom.